The second-order valence-corrected chi connectivity index (χ2v) is 8.10. The predicted molar refractivity (Wildman–Crippen MR) is 123 cm³/mol. The molecule has 1 aromatic heterocycles. The predicted octanol–water partition coefficient (Wildman–Crippen LogP) is 4.39. The molecule has 0 radical (unpaired) electrons. The Balaban J connectivity index is 1.54. The van der Waals surface area contributed by atoms with Crippen LogP contribution in [0, 0.1) is 0 Å². The van der Waals surface area contributed by atoms with E-state index in [2.05, 4.69) is 25.9 Å². The standard InChI is InChI=1S/C22H16ClN5O4S/c23-15-4-3-7-18(20(15)21-25-27-28-26-21)33-17-6-2-1-5-16(17)24-22(31)13-8-10-14(11-9-13)32-12-19(29)30/h1-11H,12H2,(H,24,31)(H,29,30)(H,25,26,27,28). The van der Waals surface area contributed by atoms with Gasteiger partial charge in [0.25, 0.3) is 5.91 Å². The Kier molecular flexibility index (Phi) is 6.86. The van der Waals surface area contributed by atoms with Crippen molar-refractivity contribution in [3.63, 3.8) is 0 Å². The second-order valence-electron chi connectivity index (χ2n) is 6.61. The van der Waals surface area contributed by atoms with Crippen molar-refractivity contribution >= 4 is 40.9 Å². The molecule has 0 aliphatic carbocycles. The molecule has 0 fully saturated rings. The zero-order valence-corrected chi connectivity index (χ0v) is 18.4. The van der Waals surface area contributed by atoms with E-state index >= 15 is 0 Å². The minimum Gasteiger partial charge on any atom is -0.482 e. The lowest BCUT2D eigenvalue weighted by Gasteiger charge is -2.13. The van der Waals surface area contributed by atoms with E-state index in [1.165, 1.54) is 11.8 Å². The normalized spacial score (nSPS) is 10.6. The number of hydrogen-bond donors (Lipinski definition) is 3. The minimum atomic E-state index is -1.08. The van der Waals surface area contributed by atoms with Crippen molar-refractivity contribution in [3.8, 4) is 17.1 Å². The van der Waals surface area contributed by atoms with Gasteiger partial charge in [-0.2, -0.15) is 5.21 Å². The van der Waals surface area contributed by atoms with E-state index in [1.807, 2.05) is 30.3 Å². The van der Waals surface area contributed by atoms with E-state index in [9.17, 15) is 9.59 Å². The monoisotopic (exact) mass is 481 g/mol. The molecule has 0 saturated heterocycles. The number of aliphatic carboxylic acids is 1. The Morgan fingerprint density at radius 3 is 2.52 bits per heavy atom. The lowest BCUT2D eigenvalue weighted by Crippen LogP contribution is -2.13. The lowest BCUT2D eigenvalue weighted by molar-refractivity contribution is -0.139. The van der Waals surface area contributed by atoms with Gasteiger partial charge in [0.2, 0.25) is 5.82 Å². The number of halogens is 1. The molecule has 0 unspecified atom stereocenters. The number of aromatic nitrogens is 4. The maximum atomic E-state index is 12.8. The number of nitrogens with zero attached hydrogens (tertiary/aromatic N) is 3. The van der Waals surface area contributed by atoms with Gasteiger partial charge in [0.05, 0.1) is 16.3 Å². The number of rotatable bonds is 8. The molecule has 0 bridgehead atoms. The third-order valence-corrected chi connectivity index (χ3v) is 5.83. The van der Waals surface area contributed by atoms with Crippen LogP contribution in [0.3, 0.4) is 0 Å². The van der Waals surface area contributed by atoms with Crippen molar-refractivity contribution in [1.82, 2.24) is 20.6 Å². The first kappa shape index (κ1) is 22.3. The molecule has 0 aliphatic rings. The molecule has 0 saturated carbocycles. The fourth-order valence-electron chi connectivity index (χ4n) is 2.89. The van der Waals surface area contributed by atoms with Crippen molar-refractivity contribution in [2.24, 2.45) is 0 Å². The smallest absolute Gasteiger partial charge is 0.341 e. The maximum Gasteiger partial charge on any atom is 0.341 e. The summed E-state index contributed by atoms with van der Waals surface area (Å²) in [6, 6.07) is 19.0. The number of aromatic amines is 1. The highest BCUT2D eigenvalue weighted by Gasteiger charge is 2.17. The molecular weight excluding hydrogens is 466 g/mol. The molecule has 166 valence electrons. The number of nitrogens with one attached hydrogen (secondary N) is 2. The van der Waals surface area contributed by atoms with E-state index in [-0.39, 0.29) is 5.91 Å². The summed E-state index contributed by atoms with van der Waals surface area (Å²) in [5.41, 5.74) is 1.64. The molecule has 0 aliphatic heterocycles. The Morgan fingerprint density at radius 1 is 1.03 bits per heavy atom. The van der Waals surface area contributed by atoms with E-state index < -0.39 is 12.6 Å². The number of hydrogen-bond acceptors (Lipinski definition) is 7. The number of carboxylic acid groups (broad SMARTS) is 1. The molecule has 0 spiro atoms. The van der Waals surface area contributed by atoms with Gasteiger partial charge < -0.3 is 15.2 Å². The number of amides is 1. The van der Waals surface area contributed by atoms with Gasteiger partial charge >= 0.3 is 5.97 Å². The number of ether oxygens (including phenoxy) is 1. The van der Waals surface area contributed by atoms with E-state index in [4.69, 9.17) is 21.4 Å². The molecule has 4 aromatic rings. The number of anilines is 1. The van der Waals surface area contributed by atoms with E-state index in [0.29, 0.717) is 33.4 Å². The van der Waals surface area contributed by atoms with Gasteiger partial charge in [-0.05, 0) is 53.7 Å². The summed E-state index contributed by atoms with van der Waals surface area (Å²) in [5, 5.41) is 26.2. The second kappa shape index (κ2) is 10.2. The summed E-state index contributed by atoms with van der Waals surface area (Å²) in [6.45, 7) is -0.453. The summed E-state index contributed by atoms with van der Waals surface area (Å²) in [5.74, 6) is -0.667. The Hall–Kier alpha value is -3.89. The van der Waals surface area contributed by atoms with Gasteiger partial charge in [0, 0.05) is 15.4 Å². The van der Waals surface area contributed by atoms with Crippen LogP contribution in [0.2, 0.25) is 5.02 Å². The van der Waals surface area contributed by atoms with Crippen molar-refractivity contribution in [1.29, 1.82) is 0 Å². The first-order chi connectivity index (χ1) is 16.0. The van der Waals surface area contributed by atoms with Gasteiger partial charge in [0.1, 0.15) is 5.75 Å². The zero-order valence-electron chi connectivity index (χ0n) is 16.9. The molecular formula is C22H16ClN5O4S. The third kappa shape index (κ3) is 5.48. The summed E-state index contributed by atoms with van der Waals surface area (Å²) < 4.78 is 5.10. The van der Waals surface area contributed by atoms with Crippen molar-refractivity contribution in [3.05, 3.63) is 77.3 Å². The number of H-pyrrole nitrogens is 1. The number of para-hydroxylation sites is 1. The topological polar surface area (TPSA) is 130 Å². The fraction of sp³-hybridized carbons (Fsp3) is 0.0455. The molecule has 1 heterocycles. The Labute approximate surface area is 197 Å². The van der Waals surface area contributed by atoms with Crippen LogP contribution in [-0.4, -0.2) is 44.2 Å². The zero-order chi connectivity index (χ0) is 23.2. The average Bonchev–Trinajstić information content (AvgIpc) is 3.34. The minimum absolute atomic E-state index is 0.322. The summed E-state index contributed by atoms with van der Waals surface area (Å²) in [7, 11) is 0. The number of carbonyl (C=O) groups excluding carboxylic acids is 1. The van der Waals surface area contributed by atoms with Crippen LogP contribution in [-0.2, 0) is 4.79 Å². The van der Waals surface area contributed by atoms with Crippen molar-refractivity contribution in [2.75, 3.05) is 11.9 Å². The van der Waals surface area contributed by atoms with Gasteiger partial charge in [-0.1, -0.05) is 41.6 Å². The maximum absolute atomic E-state index is 12.8. The van der Waals surface area contributed by atoms with Gasteiger partial charge in [-0.15, -0.1) is 10.2 Å². The Bertz CT molecular complexity index is 1280. The van der Waals surface area contributed by atoms with Crippen LogP contribution in [0.4, 0.5) is 5.69 Å². The fourth-order valence-corrected chi connectivity index (χ4v) is 4.27. The van der Waals surface area contributed by atoms with Crippen LogP contribution in [0.1, 0.15) is 10.4 Å². The van der Waals surface area contributed by atoms with Gasteiger partial charge in [-0.25, -0.2) is 4.79 Å². The SMILES string of the molecule is O=C(O)COc1ccc(C(=O)Nc2ccccc2Sc2cccc(Cl)c2-c2nn[nH]n2)cc1. The molecule has 1 amide bonds. The van der Waals surface area contributed by atoms with E-state index in [1.54, 1.807) is 36.4 Å². The molecule has 0 atom stereocenters. The van der Waals surface area contributed by atoms with Gasteiger partial charge in [0.15, 0.2) is 6.61 Å². The molecule has 9 nitrogen and oxygen atoms in total. The van der Waals surface area contributed by atoms with Crippen molar-refractivity contribution in [2.45, 2.75) is 9.79 Å². The molecule has 3 aromatic carbocycles. The number of carbonyl (C=O) groups is 2. The largest absolute Gasteiger partial charge is 0.482 e. The van der Waals surface area contributed by atoms with Crippen LogP contribution in [0.15, 0.2) is 76.5 Å². The van der Waals surface area contributed by atoms with Crippen LogP contribution in [0.5, 0.6) is 5.75 Å². The highest BCUT2D eigenvalue weighted by Crippen LogP contribution is 2.41. The van der Waals surface area contributed by atoms with Crippen LogP contribution in [0.25, 0.3) is 11.4 Å². The summed E-state index contributed by atoms with van der Waals surface area (Å²) in [4.78, 5) is 25.0. The first-order valence-electron chi connectivity index (χ1n) is 9.56. The summed E-state index contributed by atoms with van der Waals surface area (Å²) >= 11 is 7.80. The average molecular weight is 482 g/mol. The number of benzene rings is 3. The van der Waals surface area contributed by atoms with Crippen molar-refractivity contribution < 1.29 is 19.4 Å². The molecule has 11 heteroatoms. The first-order valence-corrected chi connectivity index (χ1v) is 10.8. The molecule has 3 N–H and O–H groups in total. The highest BCUT2D eigenvalue weighted by molar-refractivity contribution is 7.99. The molecule has 4 rings (SSSR count). The van der Waals surface area contributed by atoms with Crippen LogP contribution >= 0.6 is 23.4 Å². The van der Waals surface area contributed by atoms with E-state index in [0.717, 1.165) is 9.79 Å². The Morgan fingerprint density at radius 2 is 1.79 bits per heavy atom. The number of carboxylic acids is 1. The quantitative estimate of drug-likeness (QED) is 0.338. The van der Waals surface area contributed by atoms with Crippen LogP contribution < -0.4 is 10.1 Å². The van der Waals surface area contributed by atoms with Gasteiger partial charge in [-0.3, -0.25) is 4.79 Å². The molecule has 33 heavy (non-hydrogen) atoms. The third-order valence-electron chi connectivity index (χ3n) is 4.38. The number of tetrazole rings is 1. The lowest BCUT2D eigenvalue weighted by atomic mass is 10.2. The highest BCUT2D eigenvalue weighted by atomic mass is 35.5. The summed E-state index contributed by atoms with van der Waals surface area (Å²) in [6.07, 6.45) is 0.